The van der Waals surface area contributed by atoms with Crippen LogP contribution in [-0.2, 0) is 9.53 Å². The molecule has 110 valence electrons. The van der Waals surface area contributed by atoms with Crippen LogP contribution in [-0.4, -0.2) is 55.4 Å². The minimum Gasteiger partial charge on any atom is -0.481 e. The summed E-state index contributed by atoms with van der Waals surface area (Å²) in [7, 11) is 1.79. The predicted octanol–water partition coefficient (Wildman–Crippen LogP) is 1.31. The van der Waals surface area contributed by atoms with E-state index in [1.807, 2.05) is 0 Å². The highest BCUT2D eigenvalue weighted by molar-refractivity contribution is 5.73. The van der Waals surface area contributed by atoms with E-state index in [1.165, 1.54) is 0 Å². The van der Waals surface area contributed by atoms with Gasteiger partial charge in [-0.1, -0.05) is 0 Å². The first-order chi connectivity index (χ1) is 9.09. The van der Waals surface area contributed by atoms with E-state index in [2.05, 4.69) is 5.32 Å². The monoisotopic (exact) mass is 272 g/mol. The van der Waals surface area contributed by atoms with Gasteiger partial charge in [0.2, 0.25) is 0 Å². The third kappa shape index (κ3) is 7.00. The molecule has 0 aromatic carbocycles. The van der Waals surface area contributed by atoms with Gasteiger partial charge in [-0.2, -0.15) is 0 Å². The summed E-state index contributed by atoms with van der Waals surface area (Å²) < 4.78 is 5.29. The molecule has 0 aromatic rings. The SMILES string of the molecule is CN(CC1CCOCC1)C(=O)NCCCCC(=O)O. The smallest absolute Gasteiger partial charge is 0.317 e. The number of carboxylic acid groups (broad SMARTS) is 1. The summed E-state index contributed by atoms with van der Waals surface area (Å²) >= 11 is 0. The molecule has 6 nitrogen and oxygen atoms in total. The van der Waals surface area contributed by atoms with E-state index in [-0.39, 0.29) is 12.5 Å². The Hall–Kier alpha value is -1.30. The molecule has 0 bridgehead atoms. The molecule has 19 heavy (non-hydrogen) atoms. The maximum absolute atomic E-state index is 11.8. The maximum atomic E-state index is 11.8. The van der Waals surface area contributed by atoms with Crippen LogP contribution < -0.4 is 5.32 Å². The van der Waals surface area contributed by atoms with Gasteiger partial charge >= 0.3 is 12.0 Å². The van der Waals surface area contributed by atoms with E-state index in [9.17, 15) is 9.59 Å². The highest BCUT2D eigenvalue weighted by atomic mass is 16.5. The topological polar surface area (TPSA) is 78.9 Å². The molecule has 0 unspecified atom stereocenters. The third-order valence-corrected chi connectivity index (χ3v) is 3.31. The van der Waals surface area contributed by atoms with Crippen LogP contribution in [0.4, 0.5) is 4.79 Å². The van der Waals surface area contributed by atoms with Crippen LogP contribution in [0.25, 0.3) is 0 Å². The van der Waals surface area contributed by atoms with Crippen molar-refractivity contribution in [2.45, 2.75) is 32.1 Å². The van der Waals surface area contributed by atoms with Gasteiger partial charge in [-0.3, -0.25) is 4.79 Å². The second-order valence-electron chi connectivity index (χ2n) is 5.02. The average molecular weight is 272 g/mol. The number of carbonyl (C=O) groups excluding carboxylic acids is 1. The van der Waals surface area contributed by atoms with Gasteiger partial charge < -0.3 is 20.1 Å². The van der Waals surface area contributed by atoms with Crippen LogP contribution in [0, 0.1) is 5.92 Å². The highest BCUT2D eigenvalue weighted by Gasteiger charge is 2.18. The number of unbranched alkanes of at least 4 members (excludes halogenated alkanes) is 1. The second kappa shape index (κ2) is 8.74. The first-order valence-electron chi connectivity index (χ1n) is 6.88. The van der Waals surface area contributed by atoms with Crippen molar-refractivity contribution in [3.05, 3.63) is 0 Å². The number of amides is 2. The fraction of sp³-hybridized carbons (Fsp3) is 0.846. The van der Waals surface area contributed by atoms with Crippen LogP contribution in [0.2, 0.25) is 0 Å². The highest BCUT2D eigenvalue weighted by Crippen LogP contribution is 2.15. The van der Waals surface area contributed by atoms with E-state index in [0.717, 1.165) is 32.6 Å². The Bertz CT molecular complexity index is 290. The van der Waals surface area contributed by atoms with E-state index >= 15 is 0 Å². The van der Waals surface area contributed by atoms with Gasteiger partial charge in [0, 0.05) is 39.8 Å². The van der Waals surface area contributed by atoms with E-state index in [4.69, 9.17) is 9.84 Å². The second-order valence-corrected chi connectivity index (χ2v) is 5.02. The average Bonchev–Trinajstić information content (AvgIpc) is 2.38. The Balaban J connectivity index is 2.08. The third-order valence-electron chi connectivity index (χ3n) is 3.31. The molecule has 1 saturated heterocycles. The predicted molar refractivity (Wildman–Crippen MR) is 71.1 cm³/mol. The first-order valence-corrected chi connectivity index (χ1v) is 6.88. The van der Waals surface area contributed by atoms with Crippen molar-refractivity contribution in [3.8, 4) is 0 Å². The molecule has 1 aliphatic heterocycles. The van der Waals surface area contributed by atoms with Crippen LogP contribution in [0.5, 0.6) is 0 Å². The van der Waals surface area contributed by atoms with Gasteiger partial charge in [-0.05, 0) is 31.6 Å². The molecule has 0 aromatic heterocycles. The number of hydrogen-bond acceptors (Lipinski definition) is 3. The molecule has 2 amide bonds. The van der Waals surface area contributed by atoms with Gasteiger partial charge in [-0.15, -0.1) is 0 Å². The van der Waals surface area contributed by atoms with Gasteiger partial charge in [0.05, 0.1) is 0 Å². The van der Waals surface area contributed by atoms with Crippen LogP contribution in [0.3, 0.4) is 0 Å². The molecule has 0 spiro atoms. The molecule has 1 aliphatic rings. The quantitative estimate of drug-likeness (QED) is 0.685. The molecule has 1 heterocycles. The lowest BCUT2D eigenvalue weighted by Gasteiger charge is -2.27. The van der Waals surface area contributed by atoms with E-state index in [1.54, 1.807) is 11.9 Å². The number of urea groups is 1. The van der Waals surface area contributed by atoms with E-state index < -0.39 is 5.97 Å². The molecular weight excluding hydrogens is 248 g/mol. The summed E-state index contributed by atoms with van der Waals surface area (Å²) in [5, 5.41) is 11.3. The van der Waals surface area contributed by atoms with E-state index in [0.29, 0.717) is 25.3 Å². The Labute approximate surface area is 114 Å². The molecule has 0 radical (unpaired) electrons. The molecule has 0 saturated carbocycles. The van der Waals surface area contributed by atoms with Crippen molar-refractivity contribution in [3.63, 3.8) is 0 Å². The summed E-state index contributed by atoms with van der Waals surface area (Å²) in [6, 6.07) is -0.0817. The lowest BCUT2D eigenvalue weighted by Crippen LogP contribution is -2.41. The van der Waals surface area contributed by atoms with Crippen molar-refractivity contribution in [2.75, 3.05) is 33.4 Å². The number of hydrogen-bond donors (Lipinski definition) is 2. The summed E-state index contributed by atoms with van der Waals surface area (Å²) in [6.45, 7) is 2.86. The number of carboxylic acids is 1. The Morgan fingerprint density at radius 3 is 2.63 bits per heavy atom. The lowest BCUT2D eigenvalue weighted by molar-refractivity contribution is -0.137. The number of ether oxygens (including phenoxy) is 1. The number of rotatable bonds is 7. The molecular formula is C13H24N2O4. The molecule has 1 fully saturated rings. The van der Waals surface area contributed by atoms with Crippen molar-refractivity contribution in [2.24, 2.45) is 5.92 Å². The molecule has 6 heteroatoms. The minimum absolute atomic E-state index is 0.0817. The fourth-order valence-electron chi connectivity index (χ4n) is 2.13. The van der Waals surface area contributed by atoms with Crippen molar-refractivity contribution < 1.29 is 19.4 Å². The summed E-state index contributed by atoms with van der Waals surface area (Å²) in [4.78, 5) is 23.8. The van der Waals surface area contributed by atoms with Gasteiger partial charge in [0.15, 0.2) is 0 Å². The fourth-order valence-corrected chi connectivity index (χ4v) is 2.13. The zero-order valence-corrected chi connectivity index (χ0v) is 11.6. The van der Waals surface area contributed by atoms with Crippen molar-refractivity contribution in [1.82, 2.24) is 10.2 Å². The number of aliphatic carboxylic acids is 1. The summed E-state index contributed by atoms with van der Waals surface area (Å²) in [5.74, 6) is -0.264. The summed E-state index contributed by atoms with van der Waals surface area (Å²) in [5.41, 5.74) is 0. The zero-order valence-electron chi connectivity index (χ0n) is 11.6. The number of nitrogens with one attached hydrogen (secondary N) is 1. The normalized spacial score (nSPS) is 16.1. The maximum Gasteiger partial charge on any atom is 0.317 e. The largest absolute Gasteiger partial charge is 0.481 e. The molecule has 0 aliphatic carbocycles. The first kappa shape index (κ1) is 15.8. The minimum atomic E-state index is -0.789. The molecule has 0 atom stereocenters. The molecule has 2 N–H and O–H groups in total. The van der Waals surface area contributed by atoms with Crippen LogP contribution in [0.15, 0.2) is 0 Å². The number of nitrogens with zero attached hydrogens (tertiary/aromatic N) is 1. The van der Waals surface area contributed by atoms with Gasteiger partial charge in [0.25, 0.3) is 0 Å². The molecule has 1 rings (SSSR count). The Kier molecular flexibility index (Phi) is 7.25. The van der Waals surface area contributed by atoms with Gasteiger partial charge in [0.1, 0.15) is 0 Å². The van der Waals surface area contributed by atoms with Gasteiger partial charge in [-0.25, -0.2) is 4.79 Å². The summed E-state index contributed by atoms with van der Waals surface area (Å²) in [6.07, 6.45) is 3.47. The van der Waals surface area contributed by atoms with Crippen LogP contribution in [0.1, 0.15) is 32.1 Å². The van der Waals surface area contributed by atoms with Crippen molar-refractivity contribution >= 4 is 12.0 Å². The Morgan fingerprint density at radius 2 is 2.00 bits per heavy atom. The Morgan fingerprint density at radius 1 is 1.32 bits per heavy atom. The number of carbonyl (C=O) groups is 2. The lowest BCUT2D eigenvalue weighted by atomic mass is 10.00. The standard InChI is InChI=1S/C13H24N2O4/c1-15(10-11-5-8-19-9-6-11)13(18)14-7-3-2-4-12(16)17/h11H,2-10H2,1H3,(H,14,18)(H,16,17). The van der Waals surface area contributed by atoms with Crippen LogP contribution >= 0.6 is 0 Å². The van der Waals surface area contributed by atoms with Crippen molar-refractivity contribution in [1.29, 1.82) is 0 Å². The zero-order chi connectivity index (χ0) is 14.1.